The normalized spacial score (nSPS) is 37.8. The first kappa shape index (κ1) is 20.4. The molecule has 0 spiro atoms. The third kappa shape index (κ3) is 2.89. The Bertz CT molecular complexity index is 999. The molecule has 0 aromatic heterocycles. The van der Waals surface area contributed by atoms with Crippen molar-refractivity contribution in [1.82, 2.24) is 0 Å². The molecule has 4 aliphatic carbocycles. The first-order chi connectivity index (χ1) is 13.1. The highest BCUT2D eigenvalue weighted by molar-refractivity contribution is 7.91. The van der Waals surface area contributed by atoms with E-state index in [1.807, 2.05) is 6.08 Å². The number of thiol groups is 1. The molecule has 6 atom stereocenters. The van der Waals surface area contributed by atoms with Gasteiger partial charge in [-0.15, -0.1) is 0 Å². The molecule has 4 unspecified atom stereocenters. The highest BCUT2D eigenvalue weighted by Gasteiger charge is 2.56. The zero-order valence-corrected chi connectivity index (χ0v) is 17.3. The van der Waals surface area contributed by atoms with E-state index in [0.717, 1.165) is 5.57 Å². The average Bonchev–Trinajstić information content (AvgIpc) is 2.67. The fourth-order valence-electron chi connectivity index (χ4n) is 5.50. The Balaban J connectivity index is 1.97. The summed E-state index contributed by atoms with van der Waals surface area (Å²) in [6.07, 6.45) is 4.69. The van der Waals surface area contributed by atoms with Crippen LogP contribution in [0.1, 0.15) is 25.7 Å². The van der Waals surface area contributed by atoms with Crippen LogP contribution in [0.5, 0.6) is 0 Å². The van der Waals surface area contributed by atoms with E-state index in [1.165, 1.54) is 0 Å². The van der Waals surface area contributed by atoms with Crippen LogP contribution in [0.25, 0.3) is 0 Å². The summed E-state index contributed by atoms with van der Waals surface area (Å²) in [5, 5.41) is 9.20. The van der Waals surface area contributed by atoms with Gasteiger partial charge in [0, 0.05) is 18.1 Å². The van der Waals surface area contributed by atoms with Gasteiger partial charge in [-0.1, -0.05) is 12.2 Å². The second kappa shape index (κ2) is 6.83. The molecule has 0 saturated heterocycles. The van der Waals surface area contributed by atoms with Gasteiger partial charge in [0.2, 0.25) is 0 Å². The molecular weight excluding hydrogens is 428 g/mol. The molecule has 4 rings (SSSR count). The van der Waals surface area contributed by atoms with Crippen molar-refractivity contribution < 1.29 is 30.5 Å². The fraction of sp³-hybridized carbons (Fsp3) is 0.625. The molecule has 28 heavy (non-hydrogen) atoms. The van der Waals surface area contributed by atoms with Crippen molar-refractivity contribution in [2.75, 3.05) is 0 Å². The van der Waals surface area contributed by atoms with Crippen molar-refractivity contribution in [2.24, 2.45) is 35.5 Å². The quantitative estimate of drug-likeness (QED) is 0.359. The first-order valence-corrected chi connectivity index (χ1v) is 12.3. The highest BCUT2D eigenvalue weighted by Crippen LogP contribution is 2.59. The minimum atomic E-state index is -4.33. The van der Waals surface area contributed by atoms with Crippen molar-refractivity contribution >= 4 is 32.9 Å². The Kier molecular flexibility index (Phi) is 4.97. The van der Waals surface area contributed by atoms with Crippen LogP contribution < -0.4 is 11.8 Å². The summed E-state index contributed by atoms with van der Waals surface area (Å²) in [6, 6.07) is 0. The van der Waals surface area contributed by atoms with E-state index < -0.39 is 37.3 Å². The summed E-state index contributed by atoms with van der Waals surface area (Å²) in [5.74, 6) is 9.11. The molecule has 156 valence electrons. The zero-order chi connectivity index (χ0) is 20.4. The van der Waals surface area contributed by atoms with Crippen LogP contribution in [0, 0.1) is 23.7 Å². The lowest BCUT2D eigenvalue weighted by Crippen LogP contribution is -2.51. The third-order valence-corrected chi connectivity index (χ3v) is 9.92. The topological polar surface area (TPSA) is 159 Å². The molecule has 0 aromatic carbocycles. The average molecular weight is 451 g/mol. The summed E-state index contributed by atoms with van der Waals surface area (Å²) in [5.41, 5.74) is 1.32. The highest BCUT2D eigenvalue weighted by atomic mass is 32.2. The van der Waals surface area contributed by atoms with Gasteiger partial charge in [-0.2, -0.15) is 49.8 Å². The number of aliphatic hydroxyl groups is 1. The standard InChI is InChI=1S/C16H22N2O7S3/c17-24-27(20,21)13-6-14(28(22,23)25-18)10-4-2-8-12(26)5-11(19)7-1-3-9(13)16(10)15(7)8/h2,4,8-9,12-13,15-16,19,26H,1,3,5-6,17-18H2/t8-,9-,12?,13?,15?,16?/m0/s1. The number of hydrogen-bond acceptors (Lipinski definition) is 10. The summed E-state index contributed by atoms with van der Waals surface area (Å²) in [4.78, 5) is -0.182. The lowest BCUT2D eigenvalue weighted by atomic mass is 9.55. The van der Waals surface area contributed by atoms with Crippen molar-refractivity contribution in [2.45, 2.75) is 36.2 Å². The molecule has 5 N–H and O–H groups in total. The smallest absolute Gasteiger partial charge is 0.309 e. The van der Waals surface area contributed by atoms with Crippen molar-refractivity contribution in [3.8, 4) is 0 Å². The van der Waals surface area contributed by atoms with Crippen molar-refractivity contribution in [3.05, 3.63) is 34.0 Å². The van der Waals surface area contributed by atoms with E-state index in [4.69, 9.17) is 11.8 Å². The van der Waals surface area contributed by atoms with Gasteiger partial charge in [0.15, 0.2) is 0 Å². The fourth-order valence-corrected chi connectivity index (χ4v) is 8.31. The van der Waals surface area contributed by atoms with Crippen LogP contribution in [0.3, 0.4) is 0 Å². The molecule has 9 nitrogen and oxygen atoms in total. The molecule has 1 saturated carbocycles. The van der Waals surface area contributed by atoms with E-state index in [0.29, 0.717) is 24.8 Å². The zero-order valence-electron chi connectivity index (χ0n) is 14.8. The Morgan fingerprint density at radius 1 is 1.11 bits per heavy atom. The maximum absolute atomic E-state index is 12.5. The van der Waals surface area contributed by atoms with Crippen LogP contribution >= 0.6 is 12.6 Å². The second-order valence-corrected chi connectivity index (χ2v) is 11.7. The van der Waals surface area contributed by atoms with Crippen LogP contribution in [0.15, 0.2) is 34.0 Å². The van der Waals surface area contributed by atoms with Crippen LogP contribution in [-0.4, -0.2) is 32.4 Å². The number of hydrogen-bond donors (Lipinski definition) is 4. The Hall–Kier alpha value is -0.890. The monoisotopic (exact) mass is 450 g/mol. The minimum absolute atomic E-state index is 0.0474. The van der Waals surface area contributed by atoms with E-state index in [9.17, 15) is 21.9 Å². The largest absolute Gasteiger partial charge is 0.512 e. The number of rotatable bonds is 4. The van der Waals surface area contributed by atoms with Crippen molar-refractivity contribution in [3.63, 3.8) is 0 Å². The Morgan fingerprint density at radius 3 is 2.46 bits per heavy atom. The Labute approximate surface area is 169 Å². The molecule has 1 fully saturated rings. The summed E-state index contributed by atoms with van der Waals surface area (Å²) >= 11 is 4.60. The predicted molar refractivity (Wildman–Crippen MR) is 103 cm³/mol. The van der Waals surface area contributed by atoms with Crippen LogP contribution in [0.2, 0.25) is 0 Å². The second-order valence-electron chi connectivity index (χ2n) is 7.69. The minimum Gasteiger partial charge on any atom is -0.512 e. The third-order valence-electron chi connectivity index (χ3n) is 6.61. The molecule has 0 aromatic rings. The summed E-state index contributed by atoms with van der Waals surface area (Å²) < 4.78 is 58.5. The van der Waals surface area contributed by atoms with Crippen LogP contribution in [-0.2, 0) is 28.8 Å². The van der Waals surface area contributed by atoms with Gasteiger partial charge in [-0.05, 0) is 47.7 Å². The van der Waals surface area contributed by atoms with Gasteiger partial charge >= 0.3 is 10.1 Å². The molecule has 0 aliphatic heterocycles. The van der Waals surface area contributed by atoms with Gasteiger partial charge in [-0.3, -0.25) is 0 Å². The summed E-state index contributed by atoms with van der Waals surface area (Å²) in [6.45, 7) is 0. The number of nitrogens with two attached hydrogens (primary N) is 2. The maximum Gasteiger partial charge on any atom is 0.309 e. The van der Waals surface area contributed by atoms with E-state index in [1.54, 1.807) is 6.08 Å². The molecule has 0 amide bonds. The summed E-state index contributed by atoms with van der Waals surface area (Å²) in [7, 11) is -8.54. The van der Waals surface area contributed by atoms with Gasteiger partial charge in [0.05, 0.1) is 15.9 Å². The molecule has 4 aliphatic rings. The molecule has 12 heteroatoms. The lowest BCUT2D eigenvalue weighted by molar-refractivity contribution is 0.146. The SMILES string of the molecule is NOS(=O)(=O)C1=C2C=C[C@H]3C(S)CC(O)=C4CC[C@H](C2C43)C(S(=O)(=O)ON)C1. The molecule has 0 radical (unpaired) electrons. The van der Waals surface area contributed by atoms with Gasteiger partial charge in [0.25, 0.3) is 10.1 Å². The van der Waals surface area contributed by atoms with E-state index in [2.05, 4.69) is 21.2 Å². The van der Waals surface area contributed by atoms with Crippen LogP contribution in [0.4, 0.5) is 0 Å². The molecular formula is C16H22N2O7S3. The van der Waals surface area contributed by atoms with E-state index >= 15 is 0 Å². The van der Waals surface area contributed by atoms with Gasteiger partial charge in [-0.25, -0.2) is 0 Å². The number of allylic oxidation sites excluding steroid dienone is 6. The maximum atomic E-state index is 12.5. The molecule has 0 bridgehead atoms. The molecule has 0 heterocycles. The van der Waals surface area contributed by atoms with Gasteiger partial charge < -0.3 is 5.11 Å². The van der Waals surface area contributed by atoms with Gasteiger partial charge in [0.1, 0.15) is 0 Å². The number of aliphatic hydroxyl groups excluding tert-OH is 1. The lowest BCUT2D eigenvalue weighted by Gasteiger charge is -2.53. The van der Waals surface area contributed by atoms with E-state index in [-0.39, 0.29) is 34.2 Å². The predicted octanol–water partition coefficient (Wildman–Crippen LogP) is 0.796. The van der Waals surface area contributed by atoms with Crippen molar-refractivity contribution in [1.29, 1.82) is 0 Å². The Morgan fingerprint density at radius 2 is 1.82 bits per heavy atom. The first-order valence-electron chi connectivity index (χ1n) is 8.88.